The molecule has 1 saturated heterocycles. The van der Waals surface area contributed by atoms with Crippen molar-refractivity contribution in [3.05, 3.63) is 71.0 Å². The Morgan fingerprint density at radius 2 is 1.79 bits per heavy atom. The summed E-state index contributed by atoms with van der Waals surface area (Å²) in [6, 6.07) is 15.3. The van der Waals surface area contributed by atoms with Gasteiger partial charge < -0.3 is 15.7 Å². The highest BCUT2D eigenvalue weighted by molar-refractivity contribution is 5.79. The van der Waals surface area contributed by atoms with Crippen LogP contribution in [0.5, 0.6) is 0 Å². The Morgan fingerprint density at radius 1 is 1.07 bits per heavy atom. The van der Waals surface area contributed by atoms with Crippen LogP contribution in [0.1, 0.15) is 29.5 Å². The fraction of sp³-hybridized carbons (Fsp3) is 0.435. The molecule has 0 aromatic heterocycles. The van der Waals surface area contributed by atoms with Gasteiger partial charge >= 0.3 is 0 Å². The Kier molecular flexibility index (Phi) is 8.02. The molecule has 6 heteroatoms. The van der Waals surface area contributed by atoms with Crippen LogP contribution in [-0.2, 0) is 19.5 Å². The number of nitrogens with one attached hydrogen (secondary N) is 2. The summed E-state index contributed by atoms with van der Waals surface area (Å²) in [4.78, 5) is 6.64. The summed E-state index contributed by atoms with van der Waals surface area (Å²) in [5, 5.41) is 16.2. The molecule has 0 amide bonds. The second-order valence-corrected chi connectivity index (χ2v) is 7.56. The molecule has 3 rings (SSSR count). The van der Waals surface area contributed by atoms with Gasteiger partial charge in [0.25, 0.3) is 0 Å². The van der Waals surface area contributed by atoms with E-state index in [1.165, 1.54) is 17.2 Å². The number of aliphatic imine (C=N–C) groups is 1. The molecule has 5 nitrogen and oxygen atoms in total. The molecule has 29 heavy (non-hydrogen) atoms. The maximum Gasteiger partial charge on any atom is 0.191 e. The first-order valence-electron chi connectivity index (χ1n) is 10.3. The fourth-order valence-corrected chi connectivity index (χ4v) is 3.52. The number of nitrogens with zero attached hydrogens (tertiary/aromatic N) is 2. The number of piperidine rings is 1. The minimum Gasteiger partial charge on any atom is -0.393 e. The fourth-order valence-electron chi connectivity index (χ4n) is 3.52. The molecular formula is C23H31FN4O. The van der Waals surface area contributed by atoms with Crippen LogP contribution in [-0.4, -0.2) is 48.8 Å². The van der Waals surface area contributed by atoms with Crippen LogP contribution in [0.25, 0.3) is 0 Å². The quantitative estimate of drug-likeness (QED) is 0.496. The van der Waals surface area contributed by atoms with E-state index in [0.29, 0.717) is 13.1 Å². The molecule has 0 bridgehead atoms. The van der Waals surface area contributed by atoms with Crippen molar-refractivity contribution in [2.45, 2.75) is 38.5 Å². The van der Waals surface area contributed by atoms with Crippen LogP contribution in [0, 0.1) is 5.82 Å². The van der Waals surface area contributed by atoms with Gasteiger partial charge in [-0.1, -0.05) is 36.4 Å². The van der Waals surface area contributed by atoms with Gasteiger partial charge in [0.15, 0.2) is 5.96 Å². The second kappa shape index (κ2) is 10.9. The molecule has 0 saturated carbocycles. The van der Waals surface area contributed by atoms with E-state index in [4.69, 9.17) is 0 Å². The summed E-state index contributed by atoms with van der Waals surface area (Å²) < 4.78 is 13.2. The summed E-state index contributed by atoms with van der Waals surface area (Å²) in [5.74, 6) is 0.531. The zero-order valence-electron chi connectivity index (χ0n) is 17.1. The molecule has 0 spiro atoms. The Morgan fingerprint density at radius 3 is 2.48 bits per heavy atom. The van der Waals surface area contributed by atoms with Crippen molar-refractivity contribution in [2.24, 2.45) is 4.99 Å². The molecule has 0 radical (unpaired) electrons. The molecule has 1 aliphatic rings. The Bertz CT molecular complexity index is 786. The first-order chi connectivity index (χ1) is 14.1. The summed E-state index contributed by atoms with van der Waals surface area (Å²) in [6.07, 6.45) is 2.35. The van der Waals surface area contributed by atoms with Gasteiger partial charge in [0.1, 0.15) is 5.82 Å². The molecular weight excluding hydrogens is 367 g/mol. The van der Waals surface area contributed by atoms with Gasteiger partial charge in [-0.25, -0.2) is 4.39 Å². The van der Waals surface area contributed by atoms with Crippen LogP contribution in [0.2, 0.25) is 0 Å². The number of rotatable bonds is 7. The van der Waals surface area contributed by atoms with Crippen LogP contribution in [0.3, 0.4) is 0 Å². The SMILES string of the molecule is CN=C(NCCc1cccc(F)c1)NCc1ccc(CN2CCC(O)CC2)cc1. The number of guanidine groups is 1. The van der Waals surface area contributed by atoms with Crippen LogP contribution in [0.4, 0.5) is 4.39 Å². The van der Waals surface area contributed by atoms with Crippen LogP contribution in [0.15, 0.2) is 53.5 Å². The minimum atomic E-state index is -0.202. The van der Waals surface area contributed by atoms with Gasteiger partial charge in [0.05, 0.1) is 6.10 Å². The summed E-state index contributed by atoms with van der Waals surface area (Å²) in [7, 11) is 1.75. The molecule has 2 aromatic carbocycles. The molecule has 1 heterocycles. The minimum absolute atomic E-state index is 0.128. The lowest BCUT2D eigenvalue weighted by Gasteiger charge is -2.29. The van der Waals surface area contributed by atoms with Gasteiger partial charge in [-0.05, 0) is 48.1 Å². The highest BCUT2D eigenvalue weighted by Crippen LogP contribution is 2.14. The van der Waals surface area contributed by atoms with Gasteiger partial charge in [-0.3, -0.25) is 9.89 Å². The lowest BCUT2D eigenvalue weighted by Crippen LogP contribution is -2.37. The predicted molar refractivity (Wildman–Crippen MR) is 115 cm³/mol. The lowest BCUT2D eigenvalue weighted by atomic mass is 10.1. The zero-order chi connectivity index (χ0) is 20.5. The third-order valence-electron chi connectivity index (χ3n) is 5.26. The highest BCUT2D eigenvalue weighted by atomic mass is 19.1. The molecule has 1 aliphatic heterocycles. The van der Waals surface area contributed by atoms with Crippen LogP contribution >= 0.6 is 0 Å². The van der Waals surface area contributed by atoms with Gasteiger partial charge in [0, 0.05) is 39.8 Å². The molecule has 156 valence electrons. The van der Waals surface area contributed by atoms with E-state index in [1.807, 2.05) is 6.07 Å². The average molecular weight is 399 g/mol. The first-order valence-corrected chi connectivity index (χ1v) is 10.3. The lowest BCUT2D eigenvalue weighted by molar-refractivity contribution is 0.0792. The van der Waals surface area contributed by atoms with E-state index in [1.54, 1.807) is 19.2 Å². The van der Waals surface area contributed by atoms with Gasteiger partial charge in [0.2, 0.25) is 0 Å². The third-order valence-corrected chi connectivity index (χ3v) is 5.26. The molecule has 2 aromatic rings. The molecule has 3 N–H and O–H groups in total. The summed E-state index contributed by atoms with van der Waals surface area (Å²) in [5.41, 5.74) is 3.45. The number of hydrogen-bond donors (Lipinski definition) is 3. The maximum atomic E-state index is 13.2. The van der Waals surface area contributed by atoms with E-state index >= 15 is 0 Å². The van der Waals surface area contributed by atoms with Crippen molar-refractivity contribution in [1.82, 2.24) is 15.5 Å². The van der Waals surface area contributed by atoms with E-state index < -0.39 is 0 Å². The maximum absolute atomic E-state index is 13.2. The zero-order valence-corrected chi connectivity index (χ0v) is 17.1. The summed E-state index contributed by atoms with van der Waals surface area (Å²) in [6.45, 7) is 4.23. The normalized spacial score (nSPS) is 16.0. The van der Waals surface area contributed by atoms with Crippen molar-refractivity contribution in [3.63, 3.8) is 0 Å². The molecule has 0 unspecified atom stereocenters. The topological polar surface area (TPSA) is 59.9 Å². The van der Waals surface area contributed by atoms with Gasteiger partial charge in [-0.2, -0.15) is 0 Å². The van der Waals surface area contributed by atoms with Crippen LogP contribution < -0.4 is 10.6 Å². The Balaban J connectivity index is 1.40. The molecule has 1 fully saturated rings. The van der Waals surface area contributed by atoms with Crippen molar-refractivity contribution >= 4 is 5.96 Å². The number of hydrogen-bond acceptors (Lipinski definition) is 3. The standard InChI is InChI=1S/C23H31FN4O/c1-25-23(26-12-9-18-3-2-4-21(24)15-18)27-16-19-5-7-20(8-6-19)17-28-13-10-22(29)11-14-28/h2-8,15,22,29H,9-14,16-17H2,1H3,(H2,25,26,27). The van der Waals surface area contributed by atoms with E-state index in [-0.39, 0.29) is 11.9 Å². The monoisotopic (exact) mass is 398 g/mol. The van der Waals surface area contributed by atoms with Crippen molar-refractivity contribution in [1.29, 1.82) is 0 Å². The number of likely N-dealkylation sites (tertiary alicyclic amines) is 1. The van der Waals surface area contributed by atoms with Crippen molar-refractivity contribution in [3.8, 4) is 0 Å². The van der Waals surface area contributed by atoms with Gasteiger partial charge in [-0.15, -0.1) is 0 Å². The second-order valence-electron chi connectivity index (χ2n) is 7.56. The highest BCUT2D eigenvalue weighted by Gasteiger charge is 2.16. The van der Waals surface area contributed by atoms with E-state index in [2.05, 4.69) is 44.8 Å². The Labute approximate surface area is 172 Å². The molecule has 0 aliphatic carbocycles. The van der Waals surface area contributed by atoms with Crippen molar-refractivity contribution in [2.75, 3.05) is 26.7 Å². The Hall–Kier alpha value is -2.44. The number of benzene rings is 2. The number of aliphatic hydroxyl groups excluding tert-OH is 1. The summed E-state index contributed by atoms with van der Waals surface area (Å²) >= 11 is 0. The van der Waals surface area contributed by atoms with E-state index in [9.17, 15) is 9.50 Å². The largest absolute Gasteiger partial charge is 0.393 e. The predicted octanol–water partition coefficient (Wildman–Crippen LogP) is 2.69. The molecule has 0 atom stereocenters. The van der Waals surface area contributed by atoms with E-state index in [0.717, 1.165) is 50.4 Å². The average Bonchev–Trinajstić information content (AvgIpc) is 2.73. The number of aliphatic hydroxyl groups is 1. The van der Waals surface area contributed by atoms with Crippen molar-refractivity contribution < 1.29 is 9.50 Å². The first kappa shape index (κ1) is 21.3. The number of halogens is 1. The smallest absolute Gasteiger partial charge is 0.191 e. The third kappa shape index (κ3) is 7.15.